The second-order valence-electron chi connectivity index (χ2n) is 3.96. The zero-order valence-corrected chi connectivity index (χ0v) is 9.31. The minimum Gasteiger partial charge on any atom is -0.257 e. The molecule has 0 atom stereocenters. The third kappa shape index (κ3) is 2.08. The number of nitrogens with zero attached hydrogens (tertiary/aromatic N) is 2. The van der Waals surface area contributed by atoms with Crippen molar-refractivity contribution in [2.45, 2.75) is 19.8 Å². The molecule has 2 rings (SSSR count). The summed E-state index contributed by atoms with van der Waals surface area (Å²) in [5, 5.41) is 0. The van der Waals surface area contributed by atoms with E-state index < -0.39 is 0 Å². The van der Waals surface area contributed by atoms with Crippen LogP contribution in [0.3, 0.4) is 0 Å². The van der Waals surface area contributed by atoms with Crippen LogP contribution in [0.2, 0.25) is 0 Å². The van der Waals surface area contributed by atoms with E-state index in [0.29, 0.717) is 17.2 Å². The van der Waals surface area contributed by atoms with Gasteiger partial charge in [0.1, 0.15) is 5.82 Å². The van der Waals surface area contributed by atoms with E-state index in [1.165, 1.54) is 6.07 Å². The highest BCUT2D eigenvalue weighted by Gasteiger charge is 2.07. The van der Waals surface area contributed by atoms with E-state index in [9.17, 15) is 4.39 Å². The number of rotatable bonds is 2. The van der Waals surface area contributed by atoms with Crippen molar-refractivity contribution in [1.82, 2.24) is 9.97 Å². The van der Waals surface area contributed by atoms with Gasteiger partial charge in [-0.15, -0.1) is 0 Å². The van der Waals surface area contributed by atoms with Gasteiger partial charge >= 0.3 is 0 Å². The average molecular weight is 216 g/mol. The average Bonchev–Trinajstić information content (AvgIpc) is 2.30. The van der Waals surface area contributed by atoms with Crippen molar-refractivity contribution in [3.8, 4) is 11.3 Å². The molecule has 0 aliphatic carbocycles. The molecule has 0 aliphatic rings. The molecule has 0 fully saturated rings. The molecule has 2 nitrogen and oxygen atoms in total. The Labute approximate surface area is 94.2 Å². The Kier molecular flexibility index (Phi) is 2.95. The van der Waals surface area contributed by atoms with E-state index >= 15 is 0 Å². The van der Waals surface area contributed by atoms with Gasteiger partial charge in [0.2, 0.25) is 0 Å². The lowest BCUT2D eigenvalue weighted by Crippen LogP contribution is -1.95. The molecule has 0 saturated carbocycles. The Balaban J connectivity index is 2.39. The standard InChI is InChI=1S/C13H13FN2/c1-9(2)12-7-16-13(8-15-12)10-5-3-4-6-11(10)14/h3-9H,1-2H3. The normalized spacial score (nSPS) is 10.8. The molecule has 16 heavy (non-hydrogen) atoms. The van der Waals surface area contributed by atoms with Crippen LogP contribution < -0.4 is 0 Å². The number of benzene rings is 1. The predicted octanol–water partition coefficient (Wildman–Crippen LogP) is 3.41. The second-order valence-corrected chi connectivity index (χ2v) is 3.96. The van der Waals surface area contributed by atoms with Crippen LogP contribution in [0, 0.1) is 5.82 Å². The van der Waals surface area contributed by atoms with Gasteiger partial charge in [-0.1, -0.05) is 26.0 Å². The molecule has 1 heterocycles. The third-order valence-electron chi connectivity index (χ3n) is 2.41. The monoisotopic (exact) mass is 216 g/mol. The lowest BCUT2D eigenvalue weighted by atomic mass is 10.1. The first-order valence-corrected chi connectivity index (χ1v) is 5.25. The SMILES string of the molecule is CC(C)c1cnc(-c2ccccc2F)cn1. The van der Waals surface area contributed by atoms with Crippen LogP contribution in [0.4, 0.5) is 4.39 Å². The summed E-state index contributed by atoms with van der Waals surface area (Å²) in [6, 6.07) is 6.58. The zero-order chi connectivity index (χ0) is 11.5. The van der Waals surface area contributed by atoms with Gasteiger partial charge in [-0.2, -0.15) is 0 Å². The fraction of sp³-hybridized carbons (Fsp3) is 0.231. The molecular weight excluding hydrogens is 203 g/mol. The molecule has 1 aromatic carbocycles. The van der Waals surface area contributed by atoms with Gasteiger partial charge in [0.05, 0.1) is 17.6 Å². The number of aromatic nitrogens is 2. The molecule has 0 unspecified atom stereocenters. The molecule has 0 radical (unpaired) electrons. The summed E-state index contributed by atoms with van der Waals surface area (Å²) in [4.78, 5) is 8.50. The highest BCUT2D eigenvalue weighted by atomic mass is 19.1. The van der Waals surface area contributed by atoms with Crippen molar-refractivity contribution in [3.05, 3.63) is 48.2 Å². The molecule has 0 bridgehead atoms. The van der Waals surface area contributed by atoms with Gasteiger partial charge in [0.15, 0.2) is 0 Å². The maximum Gasteiger partial charge on any atom is 0.132 e. The molecular formula is C13H13FN2. The quantitative estimate of drug-likeness (QED) is 0.768. The lowest BCUT2D eigenvalue weighted by molar-refractivity contribution is 0.630. The lowest BCUT2D eigenvalue weighted by Gasteiger charge is -2.05. The molecule has 1 aromatic heterocycles. The van der Waals surface area contributed by atoms with Crippen molar-refractivity contribution >= 4 is 0 Å². The Hall–Kier alpha value is -1.77. The van der Waals surface area contributed by atoms with Crippen molar-refractivity contribution in [3.63, 3.8) is 0 Å². The maximum absolute atomic E-state index is 13.5. The van der Waals surface area contributed by atoms with Gasteiger partial charge in [0.25, 0.3) is 0 Å². The minimum absolute atomic E-state index is 0.269. The van der Waals surface area contributed by atoms with Crippen LogP contribution in [0.1, 0.15) is 25.5 Å². The molecule has 3 heteroatoms. The first-order chi connectivity index (χ1) is 7.68. The molecule has 0 spiro atoms. The first-order valence-electron chi connectivity index (χ1n) is 5.25. The highest BCUT2D eigenvalue weighted by Crippen LogP contribution is 2.20. The second kappa shape index (κ2) is 4.39. The maximum atomic E-state index is 13.5. The van der Waals surface area contributed by atoms with E-state index in [2.05, 4.69) is 9.97 Å². The summed E-state index contributed by atoms with van der Waals surface area (Å²) in [5.74, 6) is 0.0660. The number of hydrogen-bond acceptors (Lipinski definition) is 2. The number of hydrogen-bond donors (Lipinski definition) is 0. The van der Waals surface area contributed by atoms with Gasteiger partial charge in [-0.25, -0.2) is 4.39 Å². The van der Waals surface area contributed by atoms with Crippen LogP contribution in [0.25, 0.3) is 11.3 Å². The molecule has 0 N–H and O–H groups in total. The molecule has 0 amide bonds. The molecule has 0 saturated heterocycles. The van der Waals surface area contributed by atoms with Crippen molar-refractivity contribution in [1.29, 1.82) is 0 Å². The van der Waals surface area contributed by atoms with Gasteiger partial charge in [0, 0.05) is 11.8 Å². The van der Waals surface area contributed by atoms with E-state index in [-0.39, 0.29) is 5.82 Å². The van der Waals surface area contributed by atoms with Gasteiger partial charge in [-0.3, -0.25) is 9.97 Å². The Morgan fingerprint density at radius 3 is 2.38 bits per heavy atom. The summed E-state index contributed by atoms with van der Waals surface area (Å²) in [5.41, 5.74) is 1.98. The Bertz CT molecular complexity index is 478. The number of halogens is 1. The van der Waals surface area contributed by atoms with E-state index in [1.807, 2.05) is 13.8 Å². The van der Waals surface area contributed by atoms with E-state index in [4.69, 9.17) is 0 Å². The minimum atomic E-state index is -0.269. The Morgan fingerprint density at radius 2 is 1.81 bits per heavy atom. The van der Waals surface area contributed by atoms with E-state index in [0.717, 1.165) is 5.69 Å². The summed E-state index contributed by atoms with van der Waals surface area (Å²) in [6.45, 7) is 4.10. The van der Waals surface area contributed by atoms with Crippen LogP contribution in [-0.4, -0.2) is 9.97 Å². The smallest absolute Gasteiger partial charge is 0.132 e. The topological polar surface area (TPSA) is 25.8 Å². The van der Waals surface area contributed by atoms with Crippen LogP contribution >= 0.6 is 0 Å². The van der Waals surface area contributed by atoms with E-state index in [1.54, 1.807) is 30.6 Å². The summed E-state index contributed by atoms with van der Waals surface area (Å²) >= 11 is 0. The molecule has 0 aliphatic heterocycles. The summed E-state index contributed by atoms with van der Waals surface area (Å²) in [7, 11) is 0. The Morgan fingerprint density at radius 1 is 1.06 bits per heavy atom. The summed E-state index contributed by atoms with van der Waals surface area (Å²) in [6.07, 6.45) is 3.32. The first kappa shape index (κ1) is 10.7. The van der Waals surface area contributed by atoms with Crippen molar-refractivity contribution < 1.29 is 4.39 Å². The van der Waals surface area contributed by atoms with Gasteiger partial charge < -0.3 is 0 Å². The zero-order valence-electron chi connectivity index (χ0n) is 9.31. The molecule has 82 valence electrons. The predicted molar refractivity (Wildman–Crippen MR) is 61.5 cm³/mol. The molecule has 2 aromatic rings. The van der Waals surface area contributed by atoms with Gasteiger partial charge in [-0.05, 0) is 18.1 Å². The van der Waals surface area contributed by atoms with Crippen molar-refractivity contribution in [2.75, 3.05) is 0 Å². The third-order valence-corrected chi connectivity index (χ3v) is 2.41. The fourth-order valence-corrected chi connectivity index (χ4v) is 1.44. The van der Waals surface area contributed by atoms with Crippen LogP contribution in [-0.2, 0) is 0 Å². The van der Waals surface area contributed by atoms with Crippen LogP contribution in [0.5, 0.6) is 0 Å². The summed E-state index contributed by atoms with van der Waals surface area (Å²) < 4.78 is 13.5. The fourth-order valence-electron chi connectivity index (χ4n) is 1.44. The highest BCUT2D eigenvalue weighted by molar-refractivity contribution is 5.58. The van der Waals surface area contributed by atoms with Crippen molar-refractivity contribution in [2.24, 2.45) is 0 Å². The van der Waals surface area contributed by atoms with Crippen LogP contribution in [0.15, 0.2) is 36.7 Å². The largest absolute Gasteiger partial charge is 0.257 e.